The van der Waals surface area contributed by atoms with Gasteiger partial charge in [0, 0.05) is 5.39 Å². The molecule has 0 fully saturated rings. The molecule has 0 spiro atoms. The molecule has 15 heavy (non-hydrogen) atoms. The zero-order chi connectivity index (χ0) is 10.7. The molecule has 0 aliphatic rings. The lowest BCUT2D eigenvalue weighted by Gasteiger charge is -2.00. The quantitative estimate of drug-likeness (QED) is 0.772. The van der Waals surface area contributed by atoms with Crippen molar-refractivity contribution in [3.05, 3.63) is 35.6 Å². The van der Waals surface area contributed by atoms with Crippen molar-refractivity contribution >= 4 is 11.0 Å². The summed E-state index contributed by atoms with van der Waals surface area (Å²) >= 11 is 0. The molecule has 0 saturated heterocycles. The Kier molecular flexibility index (Phi) is 3.07. The molecule has 0 radical (unpaired) electrons. The molecule has 2 heteroatoms. The molecule has 1 aromatic heterocycles. The van der Waals surface area contributed by atoms with Gasteiger partial charge < -0.3 is 9.73 Å². The molecule has 2 aromatic rings. The summed E-state index contributed by atoms with van der Waals surface area (Å²) in [6.45, 7) is 6.15. The van der Waals surface area contributed by atoms with Crippen molar-refractivity contribution < 1.29 is 4.42 Å². The molecule has 0 unspecified atom stereocenters. The largest absolute Gasteiger partial charge is 0.459 e. The normalized spacial score (nSPS) is 11.1. The first kappa shape index (κ1) is 10.2. The number of rotatable bonds is 4. The van der Waals surface area contributed by atoms with Crippen LogP contribution in [0.15, 0.2) is 28.7 Å². The van der Waals surface area contributed by atoms with Crippen LogP contribution in [0.1, 0.15) is 24.7 Å². The Hall–Kier alpha value is -1.28. The average Bonchev–Trinajstić information content (AvgIpc) is 2.57. The number of hydrogen-bond donors (Lipinski definition) is 1. The Bertz CT molecular complexity index is 445. The standard InChI is InChI=1S/C13H17NO/c1-3-8-14-9-13-10(2)11-6-4-5-7-12(11)15-13/h4-7,14H,3,8-9H2,1-2H3. The Morgan fingerprint density at radius 2 is 2.07 bits per heavy atom. The van der Waals surface area contributed by atoms with Crippen LogP contribution in [0.3, 0.4) is 0 Å². The van der Waals surface area contributed by atoms with Crippen LogP contribution in [0.5, 0.6) is 0 Å². The molecule has 0 amide bonds. The summed E-state index contributed by atoms with van der Waals surface area (Å²) in [6.07, 6.45) is 1.15. The lowest BCUT2D eigenvalue weighted by Crippen LogP contribution is -2.13. The topological polar surface area (TPSA) is 25.2 Å². The van der Waals surface area contributed by atoms with Crippen molar-refractivity contribution in [2.24, 2.45) is 0 Å². The fraction of sp³-hybridized carbons (Fsp3) is 0.385. The minimum absolute atomic E-state index is 0.828. The minimum atomic E-state index is 0.828. The van der Waals surface area contributed by atoms with Gasteiger partial charge in [-0.3, -0.25) is 0 Å². The third kappa shape index (κ3) is 2.05. The fourth-order valence-corrected chi connectivity index (χ4v) is 1.77. The minimum Gasteiger partial charge on any atom is -0.459 e. The zero-order valence-electron chi connectivity index (χ0n) is 9.34. The number of para-hydroxylation sites is 1. The van der Waals surface area contributed by atoms with Gasteiger partial charge in [-0.1, -0.05) is 25.1 Å². The maximum atomic E-state index is 5.78. The van der Waals surface area contributed by atoms with Gasteiger partial charge in [0.05, 0.1) is 6.54 Å². The van der Waals surface area contributed by atoms with Crippen molar-refractivity contribution in [1.29, 1.82) is 0 Å². The van der Waals surface area contributed by atoms with Crippen LogP contribution in [-0.4, -0.2) is 6.54 Å². The number of fused-ring (bicyclic) bond motifs is 1. The molecule has 0 aliphatic carbocycles. The van der Waals surface area contributed by atoms with Crippen LogP contribution >= 0.6 is 0 Å². The average molecular weight is 203 g/mol. The van der Waals surface area contributed by atoms with E-state index in [0.29, 0.717) is 0 Å². The Labute approximate surface area is 90.3 Å². The second-order valence-corrected chi connectivity index (χ2v) is 3.82. The van der Waals surface area contributed by atoms with Crippen LogP contribution in [-0.2, 0) is 6.54 Å². The predicted octanol–water partition coefficient (Wildman–Crippen LogP) is 3.24. The van der Waals surface area contributed by atoms with Crippen LogP contribution in [0.25, 0.3) is 11.0 Å². The maximum absolute atomic E-state index is 5.78. The summed E-state index contributed by atoms with van der Waals surface area (Å²) in [6, 6.07) is 8.19. The van der Waals surface area contributed by atoms with Gasteiger partial charge >= 0.3 is 0 Å². The summed E-state index contributed by atoms with van der Waals surface area (Å²) in [5, 5.41) is 4.59. The monoisotopic (exact) mass is 203 g/mol. The number of nitrogens with one attached hydrogen (secondary N) is 1. The van der Waals surface area contributed by atoms with Gasteiger partial charge in [0.25, 0.3) is 0 Å². The van der Waals surface area contributed by atoms with E-state index in [2.05, 4.69) is 25.2 Å². The van der Waals surface area contributed by atoms with E-state index in [-0.39, 0.29) is 0 Å². The van der Waals surface area contributed by atoms with Gasteiger partial charge in [-0.15, -0.1) is 0 Å². The summed E-state index contributed by atoms with van der Waals surface area (Å²) < 4.78 is 5.78. The smallest absolute Gasteiger partial charge is 0.134 e. The SMILES string of the molecule is CCCNCc1oc2ccccc2c1C. The molecular weight excluding hydrogens is 186 g/mol. The fourth-order valence-electron chi connectivity index (χ4n) is 1.77. The maximum Gasteiger partial charge on any atom is 0.134 e. The number of aryl methyl sites for hydroxylation is 1. The highest BCUT2D eigenvalue weighted by Crippen LogP contribution is 2.24. The summed E-state index contributed by atoms with van der Waals surface area (Å²) in [4.78, 5) is 0. The van der Waals surface area contributed by atoms with E-state index in [1.807, 2.05) is 18.2 Å². The summed E-state index contributed by atoms with van der Waals surface area (Å²) in [5.41, 5.74) is 2.25. The Balaban J connectivity index is 2.24. The first-order valence-corrected chi connectivity index (χ1v) is 5.50. The van der Waals surface area contributed by atoms with Crippen molar-refractivity contribution in [3.8, 4) is 0 Å². The van der Waals surface area contributed by atoms with Gasteiger partial charge in [0.15, 0.2) is 0 Å². The highest BCUT2D eigenvalue weighted by atomic mass is 16.3. The number of benzene rings is 1. The Morgan fingerprint density at radius 3 is 2.80 bits per heavy atom. The van der Waals surface area contributed by atoms with E-state index in [1.165, 1.54) is 10.9 Å². The molecule has 2 rings (SSSR count). The van der Waals surface area contributed by atoms with Gasteiger partial charge in [0.2, 0.25) is 0 Å². The van der Waals surface area contributed by atoms with Crippen LogP contribution in [0.2, 0.25) is 0 Å². The van der Waals surface area contributed by atoms with Crippen molar-refractivity contribution in [2.75, 3.05) is 6.54 Å². The number of hydrogen-bond acceptors (Lipinski definition) is 2. The summed E-state index contributed by atoms with van der Waals surface area (Å²) in [7, 11) is 0. The van der Waals surface area contributed by atoms with E-state index < -0.39 is 0 Å². The first-order chi connectivity index (χ1) is 7.33. The molecular formula is C13H17NO. The zero-order valence-corrected chi connectivity index (χ0v) is 9.34. The van der Waals surface area contributed by atoms with Crippen molar-refractivity contribution in [1.82, 2.24) is 5.32 Å². The van der Waals surface area contributed by atoms with Gasteiger partial charge in [-0.2, -0.15) is 0 Å². The second kappa shape index (κ2) is 4.49. The Morgan fingerprint density at radius 1 is 1.27 bits per heavy atom. The van der Waals surface area contributed by atoms with Gasteiger partial charge in [-0.05, 0) is 31.5 Å². The van der Waals surface area contributed by atoms with Gasteiger partial charge in [0.1, 0.15) is 11.3 Å². The third-order valence-electron chi connectivity index (χ3n) is 2.65. The van der Waals surface area contributed by atoms with E-state index in [0.717, 1.165) is 30.9 Å². The highest BCUT2D eigenvalue weighted by Gasteiger charge is 2.08. The molecule has 1 N–H and O–H groups in total. The third-order valence-corrected chi connectivity index (χ3v) is 2.65. The van der Waals surface area contributed by atoms with E-state index in [4.69, 9.17) is 4.42 Å². The van der Waals surface area contributed by atoms with E-state index in [1.54, 1.807) is 0 Å². The van der Waals surface area contributed by atoms with Gasteiger partial charge in [-0.25, -0.2) is 0 Å². The number of furan rings is 1. The van der Waals surface area contributed by atoms with Crippen LogP contribution in [0, 0.1) is 6.92 Å². The molecule has 0 bridgehead atoms. The predicted molar refractivity (Wildman–Crippen MR) is 62.9 cm³/mol. The molecule has 1 aromatic carbocycles. The first-order valence-electron chi connectivity index (χ1n) is 5.50. The van der Waals surface area contributed by atoms with Crippen LogP contribution in [0.4, 0.5) is 0 Å². The van der Waals surface area contributed by atoms with E-state index >= 15 is 0 Å². The van der Waals surface area contributed by atoms with Crippen LogP contribution < -0.4 is 5.32 Å². The summed E-state index contributed by atoms with van der Waals surface area (Å²) in [5.74, 6) is 1.06. The molecule has 2 nitrogen and oxygen atoms in total. The lowest BCUT2D eigenvalue weighted by atomic mass is 10.1. The second-order valence-electron chi connectivity index (χ2n) is 3.82. The lowest BCUT2D eigenvalue weighted by molar-refractivity contribution is 0.510. The molecule has 0 atom stereocenters. The molecule has 0 saturated carbocycles. The molecule has 1 heterocycles. The molecule has 80 valence electrons. The highest BCUT2D eigenvalue weighted by molar-refractivity contribution is 5.81. The van der Waals surface area contributed by atoms with Crippen molar-refractivity contribution in [3.63, 3.8) is 0 Å². The van der Waals surface area contributed by atoms with E-state index in [9.17, 15) is 0 Å². The molecule has 0 aliphatic heterocycles. The van der Waals surface area contributed by atoms with Crippen molar-refractivity contribution in [2.45, 2.75) is 26.8 Å².